The van der Waals surface area contributed by atoms with Crippen molar-refractivity contribution in [1.82, 2.24) is 59.9 Å². The van der Waals surface area contributed by atoms with Crippen LogP contribution in [0.1, 0.15) is 47.9 Å². The molecule has 2 bridgehead atoms. The lowest BCUT2D eigenvalue weighted by Crippen LogP contribution is -2.46. The second-order valence-electron chi connectivity index (χ2n) is 10.4. The lowest BCUT2D eigenvalue weighted by Gasteiger charge is -2.38. The zero-order valence-corrected chi connectivity index (χ0v) is 22.9. The quantitative estimate of drug-likeness (QED) is 0.296. The van der Waals surface area contributed by atoms with Gasteiger partial charge in [-0.2, -0.15) is 14.4 Å². The van der Waals surface area contributed by atoms with Gasteiger partial charge in [-0.1, -0.05) is 6.07 Å². The summed E-state index contributed by atoms with van der Waals surface area (Å²) in [5.74, 6) is 0.156. The van der Waals surface area contributed by atoms with Crippen LogP contribution in [-0.2, 0) is 16.9 Å². The molecule has 0 unspecified atom stereocenters. The lowest BCUT2D eigenvalue weighted by atomic mass is 9.87. The van der Waals surface area contributed by atoms with Crippen LogP contribution in [0.2, 0.25) is 0 Å². The zero-order chi connectivity index (χ0) is 28.5. The van der Waals surface area contributed by atoms with Gasteiger partial charge in [-0.25, -0.2) is 13.4 Å². The highest BCUT2D eigenvalue weighted by Gasteiger charge is 2.46. The first-order valence-corrected chi connectivity index (χ1v) is 14.8. The molecule has 2 fully saturated rings. The Hall–Kier alpha value is -4.80. The minimum Gasteiger partial charge on any atom is -0.382 e. The van der Waals surface area contributed by atoms with Crippen LogP contribution < -0.4 is 5.73 Å². The smallest absolute Gasteiger partial charge is 0.292 e. The Bertz CT molecular complexity index is 1880. The number of fused-ring (bicyclic) bond motifs is 3. The number of hydrogen-bond acceptors (Lipinski definition) is 12. The molecule has 41 heavy (non-hydrogen) atoms. The van der Waals surface area contributed by atoms with E-state index in [1.54, 1.807) is 25.5 Å². The Balaban J connectivity index is 1.28. The van der Waals surface area contributed by atoms with Gasteiger partial charge in [-0.15, -0.1) is 20.4 Å². The van der Waals surface area contributed by atoms with Gasteiger partial charge in [0.1, 0.15) is 22.7 Å². The number of aryl methyl sites for hydroxylation is 1. The Morgan fingerprint density at radius 2 is 1.90 bits per heavy atom. The van der Waals surface area contributed by atoms with E-state index in [-0.39, 0.29) is 40.4 Å². The van der Waals surface area contributed by atoms with Gasteiger partial charge in [0.15, 0.2) is 15.5 Å². The van der Waals surface area contributed by atoms with Crippen molar-refractivity contribution in [3.8, 4) is 22.6 Å². The van der Waals surface area contributed by atoms with E-state index in [1.165, 1.54) is 15.6 Å². The molecule has 0 aliphatic carbocycles. The van der Waals surface area contributed by atoms with Crippen molar-refractivity contribution in [3.05, 3.63) is 42.4 Å². The van der Waals surface area contributed by atoms with Crippen molar-refractivity contribution in [1.29, 1.82) is 0 Å². The molecule has 3 atom stereocenters. The van der Waals surface area contributed by atoms with Gasteiger partial charge < -0.3 is 15.6 Å². The van der Waals surface area contributed by atoms with Crippen LogP contribution in [0.15, 0.2) is 35.7 Å². The summed E-state index contributed by atoms with van der Waals surface area (Å²) in [5, 5.41) is 24.0. The van der Waals surface area contributed by atoms with Crippen LogP contribution in [0.25, 0.3) is 28.3 Å². The number of nitrogens with two attached hydrogens (primary N) is 1. The molecule has 5 aromatic rings. The highest BCUT2D eigenvalue weighted by atomic mass is 32.2. The van der Waals surface area contributed by atoms with E-state index in [9.17, 15) is 13.2 Å². The van der Waals surface area contributed by atoms with E-state index in [0.717, 1.165) is 19.1 Å². The summed E-state index contributed by atoms with van der Waals surface area (Å²) in [6.07, 6.45) is 8.46. The molecule has 1 amide bonds. The van der Waals surface area contributed by atoms with Gasteiger partial charge in [0.25, 0.3) is 5.91 Å². The fraction of sp³-hybridized carbons (Fsp3) is 0.375. The second kappa shape index (κ2) is 9.12. The predicted octanol–water partition coefficient (Wildman–Crippen LogP) is 0.636. The molecule has 16 nitrogen and oxygen atoms in total. The maximum absolute atomic E-state index is 13.1. The molecule has 5 aromatic heterocycles. The number of amides is 1. The molecule has 17 heteroatoms. The van der Waals surface area contributed by atoms with E-state index >= 15 is 0 Å². The van der Waals surface area contributed by atoms with E-state index in [2.05, 4.69) is 40.7 Å². The number of nitrogens with zero attached hydrogens (tertiary/aromatic N) is 11. The highest BCUT2D eigenvalue weighted by Crippen LogP contribution is 2.45. The van der Waals surface area contributed by atoms with Gasteiger partial charge in [-0.05, 0) is 37.0 Å². The number of sulfone groups is 1. The largest absolute Gasteiger partial charge is 0.382 e. The number of tetrazole rings is 1. The molecule has 2 aliphatic rings. The number of pyridine rings is 1. The van der Waals surface area contributed by atoms with Crippen molar-refractivity contribution in [2.45, 2.75) is 48.6 Å². The summed E-state index contributed by atoms with van der Waals surface area (Å²) in [5.41, 5.74) is 9.21. The molecule has 2 aliphatic heterocycles. The Kier molecular flexibility index (Phi) is 5.60. The molecule has 0 spiro atoms. The maximum atomic E-state index is 13.1. The monoisotopic (exact) mass is 575 g/mol. The first kappa shape index (κ1) is 25.2. The van der Waals surface area contributed by atoms with Crippen molar-refractivity contribution in [2.75, 3.05) is 12.0 Å². The number of nitrogens with one attached hydrogen (secondary N) is 1. The van der Waals surface area contributed by atoms with Crippen LogP contribution in [0, 0.1) is 0 Å². The van der Waals surface area contributed by atoms with Crippen molar-refractivity contribution in [2.24, 2.45) is 7.05 Å². The van der Waals surface area contributed by atoms with Crippen molar-refractivity contribution in [3.63, 3.8) is 0 Å². The first-order valence-electron chi connectivity index (χ1n) is 13.0. The Morgan fingerprint density at radius 1 is 1.12 bits per heavy atom. The lowest BCUT2D eigenvalue weighted by molar-refractivity contribution is 0.0556. The number of anilines is 1. The fourth-order valence-corrected chi connectivity index (χ4v) is 7.17. The topological polar surface area (TPSA) is 209 Å². The second-order valence-corrected chi connectivity index (χ2v) is 12.4. The minimum atomic E-state index is -3.76. The molecule has 7 heterocycles. The molecular weight excluding hydrogens is 550 g/mol. The Labute approximate surface area is 232 Å². The molecule has 3 N–H and O–H groups in total. The van der Waals surface area contributed by atoms with Crippen LogP contribution in [0.4, 0.5) is 5.82 Å². The molecule has 210 valence electrons. The van der Waals surface area contributed by atoms with Crippen LogP contribution in [-0.4, -0.2) is 92.5 Å². The summed E-state index contributed by atoms with van der Waals surface area (Å²) in [6.45, 7) is 0. The molecule has 0 saturated carbocycles. The Morgan fingerprint density at radius 3 is 2.51 bits per heavy atom. The van der Waals surface area contributed by atoms with E-state index in [0.29, 0.717) is 46.8 Å². The highest BCUT2D eigenvalue weighted by molar-refractivity contribution is 7.91. The number of H-pyrrole nitrogens is 1. The summed E-state index contributed by atoms with van der Waals surface area (Å²) in [4.78, 5) is 28.5. The molecular formula is C24H25N13O3S. The number of carbonyl (C=O) groups excluding carboxylic acids is 1. The number of aromatic nitrogens is 11. The van der Waals surface area contributed by atoms with E-state index in [4.69, 9.17) is 10.7 Å². The van der Waals surface area contributed by atoms with Crippen molar-refractivity contribution >= 4 is 27.2 Å². The van der Waals surface area contributed by atoms with Crippen LogP contribution >= 0.6 is 0 Å². The number of hydrogen-bond donors (Lipinski definition) is 2. The number of rotatable bonds is 5. The minimum absolute atomic E-state index is 0.000368. The summed E-state index contributed by atoms with van der Waals surface area (Å²) in [7, 11) is -2.09. The average Bonchev–Trinajstić information content (AvgIpc) is 3.74. The molecule has 2 saturated heterocycles. The molecule has 0 radical (unpaired) electrons. The average molecular weight is 576 g/mol. The zero-order valence-electron chi connectivity index (χ0n) is 22.1. The third-order valence-electron chi connectivity index (χ3n) is 7.82. The summed E-state index contributed by atoms with van der Waals surface area (Å²) >= 11 is 0. The number of carbonyl (C=O) groups is 1. The third kappa shape index (κ3) is 4.11. The van der Waals surface area contributed by atoms with Gasteiger partial charge in [0.05, 0.1) is 18.9 Å². The van der Waals surface area contributed by atoms with Gasteiger partial charge in [0, 0.05) is 41.6 Å². The third-order valence-corrected chi connectivity index (χ3v) is 8.98. The van der Waals surface area contributed by atoms with Gasteiger partial charge in [-0.3, -0.25) is 9.78 Å². The van der Waals surface area contributed by atoms with Crippen molar-refractivity contribution < 1.29 is 13.2 Å². The van der Waals surface area contributed by atoms with Gasteiger partial charge >= 0.3 is 0 Å². The number of piperidine rings is 1. The van der Waals surface area contributed by atoms with Crippen LogP contribution in [0.5, 0.6) is 0 Å². The fourth-order valence-electron chi connectivity index (χ4n) is 6.11. The predicted molar refractivity (Wildman–Crippen MR) is 143 cm³/mol. The summed E-state index contributed by atoms with van der Waals surface area (Å²) in [6, 6.07) is 3.44. The van der Waals surface area contributed by atoms with E-state index < -0.39 is 9.84 Å². The number of nitrogen functional groups attached to an aromatic ring is 1. The van der Waals surface area contributed by atoms with Gasteiger partial charge in [0.2, 0.25) is 11.6 Å². The standard InChI is InChI=1S/C24H25N13O3S/c1-35-33-21(32-34-35)17-6-3-12(9-26-17)16-10-29-37-20(25)19(41(2,39)40)18(30-23(16)37)13-7-14-4-5-15(8-13)36(14)24(38)22-27-11-28-31-22/h3,6,9-11,13-15H,4-5,7-8,25H2,1-2H3,(H,27,28,31)/t13-,14+,15-. The normalized spacial score (nSPS) is 20.6. The van der Waals surface area contributed by atoms with Crippen LogP contribution in [0.3, 0.4) is 0 Å². The number of aromatic amines is 1. The van der Waals surface area contributed by atoms with E-state index in [1.807, 2.05) is 11.0 Å². The molecule has 7 rings (SSSR count). The first-order chi connectivity index (χ1) is 19.7. The SMILES string of the molecule is Cn1nnc(-c2ccc(-c3cnn4c(N)c(S(C)(=O)=O)c([C@H]5C[C@H]6CC[C@@H](C5)N6C(=O)c5nnc[nH]5)nc34)cn2)n1. The molecule has 0 aromatic carbocycles. The summed E-state index contributed by atoms with van der Waals surface area (Å²) < 4.78 is 27.4. The maximum Gasteiger partial charge on any atom is 0.292 e.